The Bertz CT molecular complexity index is 1530. The molecule has 7 N–H and O–H groups in total. The van der Waals surface area contributed by atoms with Crippen molar-refractivity contribution in [2.24, 2.45) is 23.7 Å². The first-order valence-corrected chi connectivity index (χ1v) is 22.2. The van der Waals surface area contributed by atoms with E-state index in [4.69, 9.17) is 18.9 Å². The van der Waals surface area contributed by atoms with Gasteiger partial charge in [-0.3, -0.25) is 28.8 Å². The largest absolute Gasteiger partial charge is 0.467 e. The van der Waals surface area contributed by atoms with Crippen LogP contribution < -0.4 is 37.2 Å². The number of rotatable bonds is 14. The minimum Gasteiger partial charge on any atom is -0.467 e. The van der Waals surface area contributed by atoms with Gasteiger partial charge in [0, 0.05) is 13.2 Å². The van der Waals surface area contributed by atoms with Crippen molar-refractivity contribution in [1.29, 1.82) is 0 Å². The van der Waals surface area contributed by atoms with Gasteiger partial charge in [0.1, 0.15) is 41.3 Å². The van der Waals surface area contributed by atoms with E-state index in [0.717, 1.165) is 0 Å². The molecule has 19 nitrogen and oxygen atoms in total. The second-order valence-electron chi connectivity index (χ2n) is 19.5. The summed E-state index contributed by atoms with van der Waals surface area (Å²) in [6.45, 7) is 22.7. The Kier molecular flexibility index (Phi) is 24.2. The van der Waals surface area contributed by atoms with Crippen molar-refractivity contribution in [3.8, 4) is 0 Å². The topological polar surface area (TPSA) is 258 Å². The predicted octanol–water partition coefficient (Wildman–Crippen LogP) is 2.38. The number of alkyl carbamates (subject to hydrolysis) is 1. The average molecular weight is 898 g/mol. The highest BCUT2D eigenvalue weighted by molar-refractivity contribution is 5.98. The zero-order chi connectivity index (χ0) is 48.2. The Labute approximate surface area is 374 Å². The third kappa shape index (κ3) is 22.6. The maximum atomic E-state index is 14.1. The molecule has 19 heteroatoms. The van der Waals surface area contributed by atoms with Crippen molar-refractivity contribution in [1.82, 2.24) is 37.2 Å². The first kappa shape index (κ1) is 56.5. The summed E-state index contributed by atoms with van der Waals surface area (Å²) < 4.78 is 21.9. The van der Waals surface area contributed by atoms with Gasteiger partial charge in [-0.1, -0.05) is 55.4 Å². The lowest BCUT2D eigenvalue weighted by atomic mass is 9.98. The molecule has 63 heavy (non-hydrogen) atoms. The second kappa shape index (κ2) is 27.0. The van der Waals surface area contributed by atoms with Gasteiger partial charge in [0.25, 0.3) is 0 Å². The Balaban J connectivity index is 3.54. The van der Waals surface area contributed by atoms with E-state index in [0.29, 0.717) is 12.8 Å². The molecule has 0 saturated carbocycles. The molecule has 0 aromatic rings. The van der Waals surface area contributed by atoms with E-state index in [2.05, 4.69) is 37.2 Å². The van der Waals surface area contributed by atoms with Crippen molar-refractivity contribution in [2.45, 2.75) is 176 Å². The summed E-state index contributed by atoms with van der Waals surface area (Å²) in [7, 11) is 1.19. The summed E-state index contributed by atoms with van der Waals surface area (Å²) in [5.41, 5.74) is -2.46. The lowest BCUT2D eigenvalue weighted by molar-refractivity contribution is -0.147. The smallest absolute Gasteiger partial charge is 0.408 e. The number of esters is 1. The van der Waals surface area contributed by atoms with Crippen LogP contribution >= 0.6 is 0 Å². The number of amides is 7. The maximum absolute atomic E-state index is 14.1. The number of ether oxygens (including phenoxy) is 4. The van der Waals surface area contributed by atoms with Gasteiger partial charge >= 0.3 is 12.1 Å². The van der Waals surface area contributed by atoms with Crippen molar-refractivity contribution >= 4 is 47.5 Å². The molecule has 0 bridgehead atoms. The quantitative estimate of drug-likeness (QED) is 0.124. The Morgan fingerprint density at radius 3 is 1.68 bits per heavy atom. The summed E-state index contributed by atoms with van der Waals surface area (Å²) in [6, 6.07) is -6.89. The van der Waals surface area contributed by atoms with Crippen molar-refractivity contribution < 1.29 is 57.3 Å². The van der Waals surface area contributed by atoms with Crippen molar-refractivity contribution in [3.63, 3.8) is 0 Å². The van der Waals surface area contributed by atoms with E-state index in [1.807, 2.05) is 55.4 Å². The van der Waals surface area contributed by atoms with E-state index in [9.17, 15) is 38.4 Å². The number of carbonyl (C=O) groups is 8. The van der Waals surface area contributed by atoms with Crippen LogP contribution in [0.5, 0.6) is 0 Å². The summed E-state index contributed by atoms with van der Waals surface area (Å²) in [5, 5.41) is 18.9. The van der Waals surface area contributed by atoms with E-state index in [-0.39, 0.29) is 75.8 Å². The summed E-state index contributed by atoms with van der Waals surface area (Å²) in [6.07, 6.45) is 0.933. The number of carbonyl (C=O) groups excluding carboxylic acids is 8. The fraction of sp³-hybridized carbons (Fsp3) is 0.818. The third-order valence-electron chi connectivity index (χ3n) is 9.56. The molecule has 1 rings (SSSR count). The molecular formula is C44H79N7O12. The molecule has 1 saturated heterocycles. The monoisotopic (exact) mass is 898 g/mol. The second-order valence-corrected chi connectivity index (χ2v) is 19.5. The average Bonchev–Trinajstić information content (AvgIpc) is 3.14. The number of methoxy groups -OCH3 is 1. The van der Waals surface area contributed by atoms with Crippen LogP contribution in [0, 0.1) is 23.7 Å². The standard InChI is InChI=1S/C44H79N7O12/c1-25(2)19-29(46-38(55)32(22-28(7)8)50-42(59)63-43(9,10)11)35(52)47-33-23-61-17-15-16-18-62-24-34(40(57)60-14)48-36(53)30(20-26(3)4)45-37(54)31(21-27(5)6)49-41(58)44(12,13)51-39(33)56/h25-34H,15-24H2,1-14H3,(H,45,54)(H,46,55)(H,47,52)(H,48,53)(H,49,58)(H,50,59)(H,51,56)/t29-,30?,31-,32-,33+,34?/m0/s1. The third-order valence-corrected chi connectivity index (χ3v) is 9.56. The van der Waals surface area contributed by atoms with E-state index >= 15 is 0 Å². The molecule has 1 aliphatic rings. The molecule has 0 aromatic heterocycles. The van der Waals surface area contributed by atoms with E-state index in [1.54, 1.807) is 20.8 Å². The van der Waals surface area contributed by atoms with Crippen LogP contribution in [0.15, 0.2) is 0 Å². The van der Waals surface area contributed by atoms with E-state index < -0.39 is 94.9 Å². The van der Waals surface area contributed by atoms with Crippen LogP contribution in [0.1, 0.15) is 129 Å². The van der Waals surface area contributed by atoms with Crippen LogP contribution in [0.3, 0.4) is 0 Å². The van der Waals surface area contributed by atoms with Gasteiger partial charge in [0.05, 0.1) is 20.3 Å². The zero-order valence-corrected chi connectivity index (χ0v) is 40.2. The first-order valence-electron chi connectivity index (χ1n) is 22.2. The molecule has 1 heterocycles. The minimum absolute atomic E-state index is 0.0125. The maximum Gasteiger partial charge on any atom is 0.408 e. The Morgan fingerprint density at radius 1 is 0.698 bits per heavy atom. The summed E-state index contributed by atoms with van der Waals surface area (Å²) in [4.78, 5) is 108. The lowest BCUT2D eigenvalue weighted by Gasteiger charge is -2.31. The lowest BCUT2D eigenvalue weighted by Crippen LogP contribution is -2.64. The molecule has 0 radical (unpaired) electrons. The van der Waals surface area contributed by atoms with Gasteiger partial charge in [-0.05, 0) is 96.8 Å². The first-order chi connectivity index (χ1) is 29.1. The van der Waals surface area contributed by atoms with Crippen molar-refractivity contribution in [3.05, 3.63) is 0 Å². The van der Waals surface area contributed by atoms with Gasteiger partial charge in [-0.25, -0.2) is 9.59 Å². The highest BCUT2D eigenvalue weighted by atomic mass is 16.6. The predicted molar refractivity (Wildman–Crippen MR) is 236 cm³/mol. The Hall–Kier alpha value is -4.52. The molecule has 1 fully saturated rings. The molecule has 6 atom stereocenters. The number of hydrogen-bond donors (Lipinski definition) is 7. The zero-order valence-electron chi connectivity index (χ0n) is 40.2. The molecule has 1 aliphatic heterocycles. The number of nitrogens with one attached hydrogen (secondary N) is 7. The molecule has 0 aromatic carbocycles. The van der Waals surface area contributed by atoms with Crippen LogP contribution in [-0.2, 0) is 52.5 Å². The van der Waals surface area contributed by atoms with Crippen LogP contribution in [0.4, 0.5) is 4.79 Å². The summed E-state index contributed by atoms with van der Waals surface area (Å²) >= 11 is 0. The van der Waals surface area contributed by atoms with Crippen LogP contribution in [0.25, 0.3) is 0 Å². The fourth-order valence-corrected chi connectivity index (χ4v) is 6.45. The number of hydrogen-bond acceptors (Lipinski definition) is 12. The summed E-state index contributed by atoms with van der Waals surface area (Å²) in [5.74, 6) is -5.06. The van der Waals surface area contributed by atoms with Crippen molar-refractivity contribution in [2.75, 3.05) is 33.5 Å². The van der Waals surface area contributed by atoms with Gasteiger partial charge in [0.15, 0.2) is 6.04 Å². The van der Waals surface area contributed by atoms with E-state index in [1.165, 1.54) is 21.0 Å². The molecule has 362 valence electrons. The molecule has 0 aliphatic carbocycles. The molecular weight excluding hydrogens is 819 g/mol. The highest BCUT2D eigenvalue weighted by Crippen LogP contribution is 2.14. The molecule has 7 amide bonds. The van der Waals surface area contributed by atoms with Gasteiger partial charge in [0.2, 0.25) is 35.4 Å². The minimum atomic E-state index is -1.64. The Morgan fingerprint density at radius 2 is 1.19 bits per heavy atom. The highest BCUT2D eigenvalue weighted by Gasteiger charge is 2.38. The fourth-order valence-electron chi connectivity index (χ4n) is 6.45. The van der Waals surface area contributed by atoms with Gasteiger partial charge in [-0.2, -0.15) is 0 Å². The van der Waals surface area contributed by atoms with Crippen LogP contribution in [0.2, 0.25) is 0 Å². The SMILES string of the molecule is COC(=O)C1COCCCCOC[C@@H](NC(=O)[C@H](CC(C)C)NC(=O)[C@H](CC(C)C)NC(=O)OC(C)(C)C)C(=O)NC(C)(C)C(=O)N[C@@H](CC(C)C)C(=O)NC(CC(C)C)C(=O)N1. The van der Waals surface area contributed by atoms with Gasteiger partial charge in [-0.15, -0.1) is 0 Å². The molecule has 2 unspecified atom stereocenters. The normalized spacial score (nSPS) is 22.4. The molecule has 0 spiro atoms. The van der Waals surface area contributed by atoms with Crippen LogP contribution in [-0.4, -0.2) is 128 Å². The van der Waals surface area contributed by atoms with Gasteiger partial charge < -0.3 is 56.2 Å².